The van der Waals surface area contributed by atoms with Gasteiger partial charge in [-0.05, 0) is 32.3 Å². The third-order valence-corrected chi connectivity index (χ3v) is 6.75. The van der Waals surface area contributed by atoms with Crippen LogP contribution in [0.2, 0.25) is 0 Å². The fraction of sp³-hybridized carbons (Fsp3) is 0.650. The molecule has 8 nitrogen and oxygen atoms in total. The topological polar surface area (TPSA) is 89.2 Å². The largest absolute Gasteiger partial charge is 0.462 e. The molecule has 0 unspecified atom stereocenters. The molecule has 1 atom stereocenters. The lowest BCUT2D eigenvalue weighted by atomic mass is 10.1. The van der Waals surface area contributed by atoms with E-state index in [1.54, 1.807) is 0 Å². The van der Waals surface area contributed by atoms with Crippen molar-refractivity contribution in [2.24, 2.45) is 0 Å². The molecule has 4 heterocycles. The predicted octanol–water partition coefficient (Wildman–Crippen LogP) is 0.553. The molecule has 158 valence electrons. The molecular weight excluding hydrogens is 392 g/mol. The van der Waals surface area contributed by atoms with E-state index in [0.29, 0.717) is 18.0 Å². The van der Waals surface area contributed by atoms with E-state index in [1.165, 1.54) is 16.2 Å². The summed E-state index contributed by atoms with van der Waals surface area (Å²) < 4.78 is 10.7. The number of thiophene rings is 1. The number of aliphatic hydroxyl groups excluding tert-OH is 1. The Hall–Kier alpha value is -1.81. The van der Waals surface area contributed by atoms with Crippen LogP contribution in [0.15, 0.2) is 0 Å². The molecule has 2 N–H and O–H groups in total. The average molecular weight is 422 g/mol. The smallest absolute Gasteiger partial charge is 0.348 e. The van der Waals surface area contributed by atoms with Gasteiger partial charge in [-0.25, -0.2) is 14.8 Å². The number of carbonyl (C=O) groups is 1. The second kappa shape index (κ2) is 8.91. The van der Waals surface area contributed by atoms with Crippen LogP contribution in [-0.2, 0) is 16.0 Å². The molecule has 2 aliphatic heterocycles. The number of β-amino-alcohol motifs (C(OH)–C–C–N with tert-alkyl or cyclic N) is 1. The van der Waals surface area contributed by atoms with Crippen LogP contribution in [0.3, 0.4) is 0 Å². The Balaban J connectivity index is 1.76. The fourth-order valence-electron chi connectivity index (χ4n) is 4.07. The van der Waals surface area contributed by atoms with Gasteiger partial charge in [0.25, 0.3) is 0 Å². The van der Waals surface area contributed by atoms with Gasteiger partial charge in [-0.3, -0.25) is 0 Å². The van der Waals surface area contributed by atoms with Gasteiger partial charge in [0, 0.05) is 13.1 Å². The van der Waals surface area contributed by atoms with Crippen molar-refractivity contribution in [2.45, 2.75) is 39.3 Å². The lowest BCUT2D eigenvalue weighted by Crippen LogP contribution is -3.12. The highest BCUT2D eigenvalue weighted by molar-refractivity contribution is 7.20. The minimum Gasteiger partial charge on any atom is -0.462 e. The van der Waals surface area contributed by atoms with Gasteiger partial charge in [-0.2, -0.15) is 0 Å². The van der Waals surface area contributed by atoms with Crippen LogP contribution in [0.5, 0.6) is 0 Å². The summed E-state index contributed by atoms with van der Waals surface area (Å²) in [6.07, 6.45) is 1.38. The number of quaternary nitrogens is 1. The number of aliphatic hydroxyl groups is 1. The molecular formula is C20H29N4O4S+. The van der Waals surface area contributed by atoms with Crippen molar-refractivity contribution in [3.63, 3.8) is 0 Å². The van der Waals surface area contributed by atoms with E-state index in [0.717, 1.165) is 79.7 Å². The van der Waals surface area contributed by atoms with Crippen molar-refractivity contribution < 1.29 is 24.3 Å². The van der Waals surface area contributed by atoms with Crippen molar-refractivity contribution >= 4 is 33.3 Å². The van der Waals surface area contributed by atoms with E-state index in [1.807, 2.05) is 13.8 Å². The SMILES string of the molecule is CCOC(=O)c1sc2nc(C[NH+]3CCOCC3)nc(N3CCC[C@H](O)C3)c2c1C. The van der Waals surface area contributed by atoms with Crippen molar-refractivity contribution in [1.82, 2.24) is 9.97 Å². The monoisotopic (exact) mass is 421 g/mol. The number of hydrogen-bond acceptors (Lipinski definition) is 8. The first-order valence-corrected chi connectivity index (χ1v) is 11.2. The van der Waals surface area contributed by atoms with Gasteiger partial charge < -0.3 is 24.4 Å². The zero-order valence-electron chi connectivity index (χ0n) is 17.1. The number of carbonyl (C=O) groups excluding carboxylic acids is 1. The first kappa shape index (κ1) is 20.5. The number of nitrogens with zero attached hydrogens (tertiary/aromatic N) is 3. The maximum Gasteiger partial charge on any atom is 0.348 e. The van der Waals surface area contributed by atoms with Crippen molar-refractivity contribution in [3.8, 4) is 0 Å². The van der Waals surface area contributed by atoms with E-state index in [4.69, 9.17) is 19.4 Å². The standard InChI is InChI=1S/C20H28N4O4S/c1-3-28-20(26)17-13(2)16-18(24-6-4-5-14(25)11-24)21-15(22-19(16)29-17)12-23-7-9-27-10-8-23/h14,25H,3-12H2,1-2H3/p+1/t14-/m0/s1. The number of fused-ring (bicyclic) bond motifs is 1. The fourth-order valence-corrected chi connectivity index (χ4v) is 5.16. The number of aromatic nitrogens is 2. The zero-order chi connectivity index (χ0) is 20.4. The molecule has 0 aromatic carbocycles. The van der Waals surface area contributed by atoms with E-state index in [9.17, 15) is 9.90 Å². The number of rotatable bonds is 5. The highest BCUT2D eigenvalue weighted by atomic mass is 32.1. The Morgan fingerprint density at radius 2 is 2.17 bits per heavy atom. The van der Waals surface area contributed by atoms with Gasteiger partial charge in [0.15, 0.2) is 5.82 Å². The highest BCUT2D eigenvalue weighted by Crippen LogP contribution is 2.36. The molecule has 0 aliphatic carbocycles. The number of morpholine rings is 1. The molecule has 2 saturated heterocycles. The minimum atomic E-state index is -0.356. The zero-order valence-corrected chi connectivity index (χ0v) is 17.9. The van der Waals surface area contributed by atoms with Crippen LogP contribution < -0.4 is 9.80 Å². The first-order valence-electron chi connectivity index (χ1n) is 10.4. The molecule has 9 heteroatoms. The summed E-state index contributed by atoms with van der Waals surface area (Å²) in [5.41, 5.74) is 0.865. The predicted molar refractivity (Wildman–Crippen MR) is 111 cm³/mol. The summed E-state index contributed by atoms with van der Waals surface area (Å²) in [5, 5.41) is 11.1. The summed E-state index contributed by atoms with van der Waals surface area (Å²) >= 11 is 1.38. The lowest BCUT2D eigenvalue weighted by molar-refractivity contribution is -0.922. The van der Waals surface area contributed by atoms with E-state index in [-0.39, 0.29) is 12.1 Å². The molecule has 0 saturated carbocycles. The molecule has 2 aromatic rings. The van der Waals surface area contributed by atoms with Crippen LogP contribution >= 0.6 is 11.3 Å². The third-order valence-electron chi connectivity index (χ3n) is 5.58. The van der Waals surface area contributed by atoms with Gasteiger partial charge in [0.2, 0.25) is 0 Å². The summed E-state index contributed by atoms with van der Waals surface area (Å²) in [5.74, 6) is 1.31. The number of ether oxygens (including phenoxy) is 2. The number of anilines is 1. The van der Waals surface area contributed by atoms with Crippen LogP contribution in [-0.4, -0.2) is 73.1 Å². The molecule has 4 rings (SSSR count). The maximum absolute atomic E-state index is 12.4. The first-order chi connectivity index (χ1) is 14.1. The molecule has 2 fully saturated rings. The van der Waals surface area contributed by atoms with Gasteiger partial charge in [0.05, 0.1) is 31.3 Å². The third kappa shape index (κ3) is 4.37. The number of esters is 1. The van der Waals surface area contributed by atoms with Gasteiger partial charge in [-0.1, -0.05) is 0 Å². The van der Waals surface area contributed by atoms with Crippen LogP contribution in [0.4, 0.5) is 5.82 Å². The number of piperidine rings is 1. The molecule has 0 amide bonds. The molecule has 0 radical (unpaired) electrons. The Labute approximate surface area is 174 Å². The van der Waals surface area contributed by atoms with Crippen LogP contribution in [0.25, 0.3) is 10.2 Å². The van der Waals surface area contributed by atoms with Crippen molar-refractivity contribution in [2.75, 3.05) is 50.9 Å². The summed E-state index contributed by atoms with van der Waals surface area (Å²) in [6, 6.07) is 0. The van der Waals surface area contributed by atoms with Crippen molar-refractivity contribution in [3.05, 3.63) is 16.3 Å². The second-order valence-electron chi connectivity index (χ2n) is 7.70. The van der Waals surface area contributed by atoms with Gasteiger partial charge in [0.1, 0.15) is 35.2 Å². The highest BCUT2D eigenvalue weighted by Gasteiger charge is 2.27. The molecule has 29 heavy (non-hydrogen) atoms. The molecule has 2 aromatic heterocycles. The Kier molecular flexibility index (Phi) is 6.29. The normalized spacial score (nSPS) is 20.9. The Bertz CT molecular complexity index is 881. The van der Waals surface area contributed by atoms with Gasteiger partial charge in [-0.15, -0.1) is 11.3 Å². The molecule has 0 bridgehead atoms. The summed E-state index contributed by atoms with van der Waals surface area (Å²) in [4.78, 5) is 27.1. The van der Waals surface area contributed by atoms with E-state index < -0.39 is 0 Å². The Morgan fingerprint density at radius 1 is 1.38 bits per heavy atom. The van der Waals surface area contributed by atoms with E-state index in [2.05, 4.69) is 4.90 Å². The second-order valence-corrected chi connectivity index (χ2v) is 8.70. The summed E-state index contributed by atoms with van der Waals surface area (Å²) in [7, 11) is 0. The van der Waals surface area contributed by atoms with Crippen LogP contribution in [0.1, 0.15) is 40.8 Å². The lowest BCUT2D eigenvalue weighted by Gasteiger charge is -2.32. The average Bonchev–Trinajstić information content (AvgIpc) is 3.05. The molecule has 2 aliphatic rings. The summed E-state index contributed by atoms with van der Waals surface area (Å²) in [6.45, 7) is 9.62. The minimum absolute atomic E-state index is 0.307. The van der Waals surface area contributed by atoms with Crippen LogP contribution in [0, 0.1) is 6.92 Å². The number of hydrogen-bond donors (Lipinski definition) is 2. The Morgan fingerprint density at radius 3 is 2.90 bits per heavy atom. The quantitative estimate of drug-likeness (QED) is 0.682. The van der Waals surface area contributed by atoms with Crippen molar-refractivity contribution in [1.29, 1.82) is 0 Å². The number of nitrogens with one attached hydrogen (secondary N) is 1. The molecule has 0 spiro atoms. The number of aryl methyl sites for hydroxylation is 1. The maximum atomic E-state index is 12.4. The van der Waals surface area contributed by atoms with Gasteiger partial charge >= 0.3 is 5.97 Å². The van der Waals surface area contributed by atoms with E-state index >= 15 is 0 Å².